The summed E-state index contributed by atoms with van der Waals surface area (Å²) in [7, 11) is 0. The Morgan fingerprint density at radius 1 is 1.00 bits per heavy atom. The number of amides is 1. The van der Waals surface area contributed by atoms with E-state index in [4.69, 9.17) is 4.74 Å². The van der Waals surface area contributed by atoms with Crippen LogP contribution < -0.4 is 4.74 Å². The van der Waals surface area contributed by atoms with Gasteiger partial charge in [0.25, 0.3) is 0 Å². The van der Waals surface area contributed by atoms with Gasteiger partial charge in [0.1, 0.15) is 17.4 Å². The molecule has 1 fully saturated rings. The Bertz CT molecular complexity index is 512. The van der Waals surface area contributed by atoms with Gasteiger partial charge < -0.3 is 9.64 Å². The van der Waals surface area contributed by atoms with Crippen LogP contribution in [0.25, 0.3) is 0 Å². The highest BCUT2D eigenvalue weighted by atomic mass is 19.1. The van der Waals surface area contributed by atoms with Crippen molar-refractivity contribution in [3.8, 4) is 5.75 Å². The van der Waals surface area contributed by atoms with Gasteiger partial charge in [-0.3, -0.25) is 9.69 Å². The molecule has 1 aromatic rings. The maximum atomic E-state index is 13.0. The van der Waals surface area contributed by atoms with Gasteiger partial charge in [0, 0.05) is 51.3 Å². The van der Waals surface area contributed by atoms with Crippen molar-refractivity contribution >= 4 is 5.91 Å². The molecule has 0 bridgehead atoms. The number of benzene rings is 1. The molecule has 0 saturated carbocycles. The lowest BCUT2D eigenvalue weighted by molar-refractivity contribution is -0.130. The number of unbranched alkanes of at least 4 members (excludes halogenated alkanes) is 3. The quantitative estimate of drug-likeness (QED) is 0.682. The van der Waals surface area contributed by atoms with Gasteiger partial charge in [-0.25, -0.2) is 8.78 Å². The summed E-state index contributed by atoms with van der Waals surface area (Å²) in [6, 6.07) is 3.23. The van der Waals surface area contributed by atoms with Crippen LogP contribution in [0.15, 0.2) is 18.2 Å². The Kier molecular flexibility index (Phi) is 7.43. The van der Waals surface area contributed by atoms with E-state index >= 15 is 0 Å². The largest absolute Gasteiger partial charge is 0.493 e. The first-order valence-electron chi connectivity index (χ1n) is 8.61. The molecule has 4 nitrogen and oxygen atoms in total. The van der Waals surface area contributed by atoms with Crippen LogP contribution in [0.1, 0.15) is 32.6 Å². The van der Waals surface area contributed by atoms with Gasteiger partial charge in [0.2, 0.25) is 5.91 Å². The number of carbonyl (C=O) groups is 1. The van der Waals surface area contributed by atoms with Crippen molar-refractivity contribution in [2.75, 3.05) is 39.3 Å². The fraction of sp³-hybridized carbons (Fsp3) is 0.611. The van der Waals surface area contributed by atoms with E-state index in [0.717, 1.165) is 64.5 Å². The maximum Gasteiger partial charge on any atom is 0.219 e. The normalized spacial score (nSPS) is 15.5. The number of hydrogen-bond donors (Lipinski definition) is 0. The second kappa shape index (κ2) is 9.57. The number of rotatable bonds is 8. The lowest BCUT2D eigenvalue weighted by Gasteiger charge is -2.34. The molecule has 24 heavy (non-hydrogen) atoms. The molecule has 1 aromatic carbocycles. The zero-order valence-electron chi connectivity index (χ0n) is 14.3. The van der Waals surface area contributed by atoms with Crippen molar-refractivity contribution in [3.63, 3.8) is 0 Å². The molecule has 0 N–H and O–H groups in total. The standard InChI is InChI=1S/C18H26F2N2O2/c1-15(23)22-9-7-21(8-10-22)6-4-2-3-5-11-24-18-13-16(19)12-17(20)14-18/h12-14H,2-11H2,1H3. The highest BCUT2D eigenvalue weighted by Gasteiger charge is 2.17. The second-order valence-corrected chi connectivity index (χ2v) is 6.22. The van der Waals surface area contributed by atoms with Crippen LogP contribution in [0, 0.1) is 11.6 Å². The smallest absolute Gasteiger partial charge is 0.219 e. The number of ether oxygens (including phenoxy) is 1. The Balaban J connectivity index is 1.49. The van der Waals surface area contributed by atoms with Crippen molar-refractivity contribution in [1.82, 2.24) is 9.80 Å². The van der Waals surface area contributed by atoms with Crippen LogP contribution in [0.3, 0.4) is 0 Å². The number of halogens is 2. The molecule has 0 aliphatic carbocycles. The maximum absolute atomic E-state index is 13.0. The lowest BCUT2D eigenvalue weighted by atomic mass is 10.2. The molecule has 1 saturated heterocycles. The van der Waals surface area contributed by atoms with Gasteiger partial charge in [0.05, 0.1) is 6.61 Å². The molecule has 2 rings (SSSR count). The van der Waals surface area contributed by atoms with Crippen molar-refractivity contribution in [3.05, 3.63) is 29.8 Å². The van der Waals surface area contributed by atoms with E-state index < -0.39 is 11.6 Å². The van der Waals surface area contributed by atoms with E-state index in [-0.39, 0.29) is 11.7 Å². The molecule has 0 radical (unpaired) electrons. The first-order chi connectivity index (χ1) is 11.5. The van der Waals surface area contributed by atoms with Crippen molar-refractivity contribution in [2.45, 2.75) is 32.6 Å². The summed E-state index contributed by atoms with van der Waals surface area (Å²) in [5.74, 6) is -0.826. The monoisotopic (exact) mass is 340 g/mol. The van der Waals surface area contributed by atoms with Gasteiger partial charge in [-0.15, -0.1) is 0 Å². The third-order valence-electron chi connectivity index (χ3n) is 4.29. The molecule has 1 aliphatic heterocycles. The van der Waals surface area contributed by atoms with Crippen molar-refractivity contribution in [2.24, 2.45) is 0 Å². The molecule has 6 heteroatoms. The van der Waals surface area contributed by atoms with Gasteiger partial charge in [-0.1, -0.05) is 12.8 Å². The summed E-state index contributed by atoms with van der Waals surface area (Å²) in [6.07, 6.45) is 4.13. The topological polar surface area (TPSA) is 32.8 Å². The highest BCUT2D eigenvalue weighted by molar-refractivity contribution is 5.73. The predicted octanol–water partition coefficient (Wildman–Crippen LogP) is 3.07. The Hall–Kier alpha value is -1.69. The summed E-state index contributed by atoms with van der Waals surface area (Å²) in [5.41, 5.74) is 0. The first kappa shape index (κ1) is 18.6. The molecule has 0 spiro atoms. The molecular weight excluding hydrogens is 314 g/mol. The molecule has 1 aliphatic rings. The summed E-state index contributed by atoms with van der Waals surface area (Å²) < 4.78 is 31.4. The molecule has 1 amide bonds. The lowest BCUT2D eigenvalue weighted by Crippen LogP contribution is -2.48. The van der Waals surface area contributed by atoms with E-state index in [1.54, 1.807) is 6.92 Å². The number of nitrogens with zero attached hydrogens (tertiary/aromatic N) is 2. The van der Waals surface area contributed by atoms with Crippen LogP contribution in [-0.4, -0.2) is 55.0 Å². The minimum atomic E-state index is -0.616. The Morgan fingerprint density at radius 2 is 1.62 bits per heavy atom. The van der Waals surface area contributed by atoms with Crippen LogP contribution in [0.2, 0.25) is 0 Å². The van der Waals surface area contributed by atoms with Gasteiger partial charge >= 0.3 is 0 Å². The highest BCUT2D eigenvalue weighted by Crippen LogP contribution is 2.16. The van der Waals surface area contributed by atoms with E-state index in [2.05, 4.69) is 4.90 Å². The third kappa shape index (κ3) is 6.43. The number of carbonyl (C=O) groups excluding carboxylic acids is 1. The van der Waals surface area contributed by atoms with Crippen LogP contribution >= 0.6 is 0 Å². The van der Waals surface area contributed by atoms with Gasteiger partial charge in [0.15, 0.2) is 0 Å². The minimum Gasteiger partial charge on any atom is -0.493 e. The third-order valence-corrected chi connectivity index (χ3v) is 4.29. The molecular formula is C18H26F2N2O2. The average molecular weight is 340 g/mol. The Labute approximate surface area is 142 Å². The fourth-order valence-electron chi connectivity index (χ4n) is 2.88. The molecule has 134 valence electrons. The van der Waals surface area contributed by atoms with E-state index in [1.165, 1.54) is 12.1 Å². The summed E-state index contributed by atoms with van der Waals surface area (Å²) in [4.78, 5) is 15.5. The second-order valence-electron chi connectivity index (χ2n) is 6.22. The zero-order chi connectivity index (χ0) is 17.4. The molecule has 0 unspecified atom stereocenters. The zero-order valence-corrected chi connectivity index (χ0v) is 14.3. The summed E-state index contributed by atoms with van der Waals surface area (Å²) in [6.45, 7) is 6.71. The summed E-state index contributed by atoms with van der Waals surface area (Å²) in [5, 5.41) is 0. The molecule has 1 heterocycles. The predicted molar refractivity (Wildman–Crippen MR) is 89.0 cm³/mol. The molecule has 0 atom stereocenters. The van der Waals surface area contributed by atoms with Crippen LogP contribution in [-0.2, 0) is 4.79 Å². The van der Waals surface area contributed by atoms with Gasteiger partial charge in [-0.2, -0.15) is 0 Å². The van der Waals surface area contributed by atoms with Crippen LogP contribution in [0.5, 0.6) is 5.75 Å². The SMILES string of the molecule is CC(=O)N1CCN(CCCCCCOc2cc(F)cc(F)c2)CC1. The van der Waals surface area contributed by atoms with Gasteiger partial charge in [-0.05, 0) is 19.4 Å². The fourth-order valence-corrected chi connectivity index (χ4v) is 2.88. The van der Waals surface area contributed by atoms with E-state index in [1.807, 2.05) is 4.90 Å². The molecule has 0 aromatic heterocycles. The Morgan fingerprint density at radius 3 is 2.25 bits per heavy atom. The average Bonchev–Trinajstić information content (AvgIpc) is 2.53. The minimum absolute atomic E-state index is 0.160. The van der Waals surface area contributed by atoms with E-state index in [0.29, 0.717) is 6.61 Å². The van der Waals surface area contributed by atoms with Crippen molar-refractivity contribution in [1.29, 1.82) is 0 Å². The number of hydrogen-bond acceptors (Lipinski definition) is 3. The summed E-state index contributed by atoms with van der Waals surface area (Å²) >= 11 is 0. The van der Waals surface area contributed by atoms with Crippen LogP contribution in [0.4, 0.5) is 8.78 Å². The van der Waals surface area contributed by atoms with Crippen molar-refractivity contribution < 1.29 is 18.3 Å². The first-order valence-corrected chi connectivity index (χ1v) is 8.61. The number of piperazine rings is 1. The van der Waals surface area contributed by atoms with E-state index in [9.17, 15) is 13.6 Å².